The Labute approximate surface area is 97.7 Å². The predicted molar refractivity (Wildman–Crippen MR) is 63.3 cm³/mol. The van der Waals surface area contributed by atoms with Crippen LogP contribution < -0.4 is 5.73 Å². The molecule has 4 nitrogen and oxygen atoms in total. The molecule has 2 rings (SSSR count). The molecule has 4 heteroatoms. The molecule has 0 unspecified atom stereocenters. The van der Waals surface area contributed by atoms with E-state index in [0.29, 0.717) is 6.61 Å². The lowest BCUT2D eigenvalue weighted by Gasteiger charge is -2.46. The van der Waals surface area contributed by atoms with Gasteiger partial charge in [0.1, 0.15) is 0 Å². The fourth-order valence-electron chi connectivity index (χ4n) is 2.98. The van der Waals surface area contributed by atoms with Gasteiger partial charge < -0.3 is 20.5 Å². The molecule has 3 N–H and O–H groups in total. The molecule has 0 aromatic carbocycles. The minimum atomic E-state index is -0.164. The summed E-state index contributed by atoms with van der Waals surface area (Å²) in [7, 11) is 0. The predicted octanol–water partition coefficient (Wildman–Crippen LogP) is 0.341. The van der Waals surface area contributed by atoms with Crippen molar-refractivity contribution in [1.29, 1.82) is 0 Å². The highest BCUT2D eigenvalue weighted by Gasteiger charge is 2.40. The molecular formula is C12H24N2O2. The van der Waals surface area contributed by atoms with Crippen molar-refractivity contribution >= 4 is 0 Å². The summed E-state index contributed by atoms with van der Waals surface area (Å²) in [6.45, 7) is 4.67. The molecular weight excluding hydrogens is 204 g/mol. The Morgan fingerprint density at radius 1 is 1.50 bits per heavy atom. The zero-order chi connectivity index (χ0) is 11.4. The van der Waals surface area contributed by atoms with Crippen LogP contribution in [0.4, 0.5) is 0 Å². The minimum absolute atomic E-state index is 0.0650. The van der Waals surface area contributed by atoms with Gasteiger partial charge in [-0.1, -0.05) is 0 Å². The minimum Gasteiger partial charge on any atom is -0.393 e. The molecule has 0 saturated carbocycles. The number of rotatable bonds is 3. The third-order valence-electron chi connectivity index (χ3n) is 3.76. The summed E-state index contributed by atoms with van der Waals surface area (Å²) in [6, 6.07) is 0. The molecule has 1 spiro atoms. The number of piperidine rings is 1. The first-order chi connectivity index (χ1) is 7.74. The Bertz CT molecular complexity index is 221. The van der Waals surface area contributed by atoms with Crippen molar-refractivity contribution in [1.82, 2.24) is 4.90 Å². The molecule has 0 aromatic heterocycles. The molecule has 0 aromatic rings. The highest BCUT2D eigenvalue weighted by atomic mass is 16.5. The number of hydrogen-bond donors (Lipinski definition) is 2. The summed E-state index contributed by atoms with van der Waals surface area (Å²) in [5, 5.41) is 9.77. The smallest absolute Gasteiger partial charge is 0.0833 e. The first-order valence-corrected chi connectivity index (χ1v) is 6.49. The normalized spacial score (nSPS) is 36.8. The lowest BCUT2D eigenvalue weighted by Crippen LogP contribution is -2.54. The molecule has 0 bridgehead atoms. The molecule has 0 aliphatic carbocycles. The molecule has 2 atom stereocenters. The van der Waals surface area contributed by atoms with Crippen molar-refractivity contribution in [2.24, 2.45) is 5.73 Å². The van der Waals surface area contributed by atoms with Crippen LogP contribution in [0.2, 0.25) is 0 Å². The highest BCUT2D eigenvalue weighted by Crippen LogP contribution is 2.33. The van der Waals surface area contributed by atoms with Crippen LogP contribution in [0.5, 0.6) is 0 Å². The number of ether oxygens (including phenoxy) is 1. The van der Waals surface area contributed by atoms with E-state index in [2.05, 4.69) is 4.90 Å². The second kappa shape index (κ2) is 5.45. The van der Waals surface area contributed by atoms with E-state index in [1.807, 2.05) is 0 Å². The molecule has 2 aliphatic heterocycles. The molecule has 2 fully saturated rings. The number of aliphatic hydroxyl groups excluding tert-OH is 1. The van der Waals surface area contributed by atoms with E-state index >= 15 is 0 Å². The van der Waals surface area contributed by atoms with Gasteiger partial charge >= 0.3 is 0 Å². The van der Waals surface area contributed by atoms with E-state index in [-0.39, 0.29) is 11.7 Å². The second-order valence-corrected chi connectivity index (χ2v) is 5.20. The third kappa shape index (κ3) is 2.94. The van der Waals surface area contributed by atoms with Crippen LogP contribution in [-0.4, -0.2) is 54.5 Å². The van der Waals surface area contributed by atoms with Crippen LogP contribution in [0.1, 0.15) is 32.1 Å². The number of nitrogens with two attached hydrogens (primary N) is 1. The maximum absolute atomic E-state index is 9.77. The van der Waals surface area contributed by atoms with Crippen molar-refractivity contribution in [2.75, 3.05) is 32.8 Å². The Morgan fingerprint density at radius 2 is 2.38 bits per heavy atom. The van der Waals surface area contributed by atoms with Gasteiger partial charge in [-0.25, -0.2) is 0 Å². The van der Waals surface area contributed by atoms with Crippen molar-refractivity contribution in [3.8, 4) is 0 Å². The summed E-state index contributed by atoms with van der Waals surface area (Å²) in [4.78, 5) is 2.44. The van der Waals surface area contributed by atoms with Crippen LogP contribution in [-0.2, 0) is 4.74 Å². The van der Waals surface area contributed by atoms with Gasteiger partial charge in [-0.2, -0.15) is 0 Å². The zero-order valence-electron chi connectivity index (χ0n) is 10.0. The van der Waals surface area contributed by atoms with Gasteiger partial charge in [0.05, 0.1) is 11.7 Å². The zero-order valence-corrected chi connectivity index (χ0v) is 10.0. The van der Waals surface area contributed by atoms with Gasteiger partial charge in [0.2, 0.25) is 0 Å². The van der Waals surface area contributed by atoms with Gasteiger partial charge in [0.15, 0.2) is 0 Å². The van der Waals surface area contributed by atoms with Gasteiger partial charge in [0.25, 0.3) is 0 Å². The summed E-state index contributed by atoms with van der Waals surface area (Å²) in [5.74, 6) is 0. The van der Waals surface area contributed by atoms with Gasteiger partial charge in [-0.05, 0) is 45.3 Å². The molecule has 2 aliphatic rings. The van der Waals surface area contributed by atoms with Crippen LogP contribution in [0.25, 0.3) is 0 Å². The largest absolute Gasteiger partial charge is 0.393 e. The summed E-state index contributed by atoms with van der Waals surface area (Å²) in [5.41, 5.74) is 5.47. The lowest BCUT2D eigenvalue weighted by molar-refractivity contribution is -0.146. The molecule has 0 amide bonds. The van der Waals surface area contributed by atoms with Crippen LogP contribution in [0.15, 0.2) is 0 Å². The molecule has 2 saturated heterocycles. The number of likely N-dealkylation sites (tertiary alicyclic amines) is 1. The Balaban J connectivity index is 1.89. The van der Waals surface area contributed by atoms with Gasteiger partial charge in [-0.15, -0.1) is 0 Å². The second-order valence-electron chi connectivity index (χ2n) is 5.20. The van der Waals surface area contributed by atoms with E-state index in [1.165, 1.54) is 6.42 Å². The third-order valence-corrected chi connectivity index (χ3v) is 3.76. The van der Waals surface area contributed by atoms with Gasteiger partial charge in [-0.3, -0.25) is 0 Å². The number of hydrogen-bond acceptors (Lipinski definition) is 4. The molecule has 2 heterocycles. The number of nitrogens with zero attached hydrogens (tertiary/aromatic N) is 1. The summed E-state index contributed by atoms with van der Waals surface area (Å²) >= 11 is 0. The molecule has 0 radical (unpaired) electrons. The van der Waals surface area contributed by atoms with Crippen LogP contribution >= 0.6 is 0 Å². The quantitative estimate of drug-likeness (QED) is 0.731. The van der Waals surface area contributed by atoms with Crippen molar-refractivity contribution in [3.05, 3.63) is 0 Å². The Morgan fingerprint density at radius 3 is 3.12 bits per heavy atom. The van der Waals surface area contributed by atoms with Crippen LogP contribution in [0, 0.1) is 0 Å². The average Bonchev–Trinajstić information content (AvgIpc) is 2.26. The van der Waals surface area contributed by atoms with E-state index in [0.717, 1.165) is 51.9 Å². The van der Waals surface area contributed by atoms with Crippen molar-refractivity contribution < 1.29 is 9.84 Å². The van der Waals surface area contributed by atoms with E-state index < -0.39 is 0 Å². The lowest BCUT2D eigenvalue weighted by atomic mass is 9.84. The van der Waals surface area contributed by atoms with Gasteiger partial charge in [0, 0.05) is 19.6 Å². The fraction of sp³-hybridized carbons (Fsp3) is 1.00. The summed E-state index contributed by atoms with van der Waals surface area (Å²) < 4.78 is 5.95. The maximum atomic E-state index is 9.77. The topological polar surface area (TPSA) is 58.7 Å². The van der Waals surface area contributed by atoms with Crippen molar-refractivity contribution in [3.63, 3.8) is 0 Å². The average molecular weight is 228 g/mol. The summed E-state index contributed by atoms with van der Waals surface area (Å²) in [6.07, 6.45) is 4.78. The maximum Gasteiger partial charge on any atom is 0.0833 e. The molecule has 94 valence electrons. The molecule has 16 heavy (non-hydrogen) atoms. The monoisotopic (exact) mass is 228 g/mol. The van der Waals surface area contributed by atoms with E-state index in [1.54, 1.807) is 0 Å². The highest BCUT2D eigenvalue weighted by molar-refractivity contribution is 4.93. The van der Waals surface area contributed by atoms with E-state index in [4.69, 9.17) is 10.5 Å². The Hall–Kier alpha value is -0.160. The Kier molecular flexibility index (Phi) is 4.19. The van der Waals surface area contributed by atoms with Crippen molar-refractivity contribution in [2.45, 2.75) is 43.8 Å². The standard InChI is InChI=1S/C12H24N2O2/c13-5-2-7-14-6-1-4-12(10-14)9-11(15)3-8-16-12/h11,15H,1-10,13H2/t11-,12-/m1/s1. The van der Waals surface area contributed by atoms with E-state index in [9.17, 15) is 5.11 Å². The van der Waals surface area contributed by atoms with Crippen LogP contribution in [0.3, 0.4) is 0 Å². The first kappa shape index (κ1) is 12.3. The SMILES string of the molecule is NCCCN1CCC[C@@]2(C[C@H](O)CCO2)C1. The number of aliphatic hydroxyl groups is 1. The first-order valence-electron chi connectivity index (χ1n) is 6.49. The fourth-order valence-corrected chi connectivity index (χ4v) is 2.98.